The van der Waals surface area contributed by atoms with Gasteiger partial charge < -0.3 is 15.0 Å². The van der Waals surface area contributed by atoms with Crippen molar-refractivity contribution in [2.24, 2.45) is 7.05 Å². The molecule has 1 saturated carbocycles. The number of hydrogen-bond acceptors (Lipinski definition) is 4. The predicted octanol–water partition coefficient (Wildman–Crippen LogP) is 3.62. The molecule has 3 aromatic heterocycles. The summed E-state index contributed by atoms with van der Waals surface area (Å²) in [5, 5.41) is 9.13. The largest absolute Gasteiger partial charge is 0.380 e. The standard InChI is InChI=1S/C21H29N5O/c1-3-27-9-8-22-18-6-4-15(5-7-18)16-10-19-20(13-24-21(19)23-11-16)17-12-25-26(2)14-17/h10-15,18,22H,3-9H2,1-2H3,(H,23,24)/t15-,18-. The number of aryl methyl sites for hydroxylation is 1. The minimum Gasteiger partial charge on any atom is -0.380 e. The smallest absolute Gasteiger partial charge is 0.137 e. The lowest BCUT2D eigenvalue weighted by Crippen LogP contribution is -2.35. The van der Waals surface area contributed by atoms with E-state index in [1.165, 1.54) is 42.2 Å². The van der Waals surface area contributed by atoms with E-state index in [1.54, 1.807) is 0 Å². The molecule has 0 bridgehead atoms. The molecule has 0 radical (unpaired) electrons. The van der Waals surface area contributed by atoms with E-state index in [2.05, 4.69) is 38.8 Å². The molecule has 144 valence electrons. The topological polar surface area (TPSA) is 67.8 Å². The van der Waals surface area contributed by atoms with Crippen molar-refractivity contribution in [3.8, 4) is 11.1 Å². The van der Waals surface area contributed by atoms with Gasteiger partial charge in [0, 0.05) is 61.3 Å². The third-order valence-electron chi connectivity index (χ3n) is 5.65. The fraction of sp³-hybridized carbons (Fsp3) is 0.524. The third-order valence-corrected chi connectivity index (χ3v) is 5.65. The first-order valence-corrected chi connectivity index (χ1v) is 10.0. The normalized spacial score (nSPS) is 20.4. The molecule has 2 N–H and O–H groups in total. The maximum Gasteiger partial charge on any atom is 0.137 e. The van der Waals surface area contributed by atoms with Gasteiger partial charge in [-0.25, -0.2) is 4.98 Å². The van der Waals surface area contributed by atoms with Gasteiger partial charge in [0.05, 0.1) is 12.8 Å². The number of nitrogens with zero attached hydrogens (tertiary/aromatic N) is 3. The van der Waals surface area contributed by atoms with Gasteiger partial charge >= 0.3 is 0 Å². The van der Waals surface area contributed by atoms with E-state index >= 15 is 0 Å². The summed E-state index contributed by atoms with van der Waals surface area (Å²) in [7, 11) is 1.95. The van der Waals surface area contributed by atoms with Gasteiger partial charge in [0.1, 0.15) is 5.65 Å². The Labute approximate surface area is 160 Å². The summed E-state index contributed by atoms with van der Waals surface area (Å²) in [5.74, 6) is 0.600. The van der Waals surface area contributed by atoms with Gasteiger partial charge in [-0.15, -0.1) is 0 Å². The summed E-state index contributed by atoms with van der Waals surface area (Å²) in [6, 6.07) is 2.95. The fourth-order valence-electron chi connectivity index (χ4n) is 4.15. The molecule has 1 aliphatic rings. The second-order valence-corrected chi connectivity index (χ2v) is 7.47. The number of aromatic nitrogens is 4. The molecule has 0 aromatic carbocycles. The van der Waals surface area contributed by atoms with Crippen LogP contribution in [-0.2, 0) is 11.8 Å². The second-order valence-electron chi connectivity index (χ2n) is 7.47. The highest BCUT2D eigenvalue weighted by Gasteiger charge is 2.23. The molecule has 1 fully saturated rings. The Morgan fingerprint density at radius 3 is 2.85 bits per heavy atom. The lowest BCUT2D eigenvalue weighted by atomic mass is 9.82. The van der Waals surface area contributed by atoms with Crippen LogP contribution >= 0.6 is 0 Å². The Balaban J connectivity index is 1.44. The summed E-state index contributed by atoms with van der Waals surface area (Å²) in [6.07, 6.45) is 12.9. The number of pyridine rings is 1. The maximum atomic E-state index is 5.42. The average Bonchev–Trinajstić information content (AvgIpc) is 3.31. The maximum absolute atomic E-state index is 5.42. The number of rotatable bonds is 7. The first kappa shape index (κ1) is 18.2. The van der Waals surface area contributed by atoms with Gasteiger partial charge in [-0.3, -0.25) is 4.68 Å². The first-order valence-electron chi connectivity index (χ1n) is 10.0. The van der Waals surface area contributed by atoms with Crippen molar-refractivity contribution in [1.29, 1.82) is 0 Å². The lowest BCUT2D eigenvalue weighted by Gasteiger charge is -2.29. The van der Waals surface area contributed by atoms with Crippen LogP contribution < -0.4 is 5.32 Å². The van der Waals surface area contributed by atoms with E-state index in [9.17, 15) is 0 Å². The number of aromatic amines is 1. The highest BCUT2D eigenvalue weighted by Crippen LogP contribution is 2.35. The lowest BCUT2D eigenvalue weighted by molar-refractivity contribution is 0.144. The predicted molar refractivity (Wildman–Crippen MR) is 108 cm³/mol. The fourth-order valence-corrected chi connectivity index (χ4v) is 4.15. The van der Waals surface area contributed by atoms with E-state index in [0.29, 0.717) is 12.0 Å². The summed E-state index contributed by atoms with van der Waals surface area (Å²) in [5.41, 5.74) is 4.62. The molecule has 3 aromatic rings. The summed E-state index contributed by atoms with van der Waals surface area (Å²) in [4.78, 5) is 7.98. The van der Waals surface area contributed by atoms with Gasteiger partial charge in [0.15, 0.2) is 0 Å². The Kier molecular flexibility index (Phi) is 5.55. The van der Waals surface area contributed by atoms with Gasteiger partial charge in [0.2, 0.25) is 0 Å². The van der Waals surface area contributed by atoms with Crippen LogP contribution in [0.5, 0.6) is 0 Å². The zero-order valence-corrected chi connectivity index (χ0v) is 16.2. The molecule has 0 saturated heterocycles. The van der Waals surface area contributed by atoms with Crippen molar-refractivity contribution in [3.05, 3.63) is 36.4 Å². The van der Waals surface area contributed by atoms with Gasteiger partial charge in [-0.05, 0) is 50.2 Å². The molecule has 0 amide bonds. The van der Waals surface area contributed by atoms with E-state index in [0.717, 1.165) is 31.0 Å². The number of hydrogen-bond donors (Lipinski definition) is 2. The van der Waals surface area contributed by atoms with Gasteiger partial charge in [0.25, 0.3) is 0 Å². The molecular formula is C21H29N5O. The molecule has 1 aliphatic carbocycles. The molecule has 0 unspecified atom stereocenters. The number of fused-ring (bicyclic) bond motifs is 1. The van der Waals surface area contributed by atoms with Crippen LogP contribution in [0.15, 0.2) is 30.9 Å². The molecule has 4 rings (SSSR count). The van der Waals surface area contributed by atoms with Crippen molar-refractivity contribution in [2.75, 3.05) is 19.8 Å². The second kappa shape index (κ2) is 8.23. The Morgan fingerprint density at radius 2 is 2.11 bits per heavy atom. The molecule has 0 aliphatic heterocycles. The molecule has 6 heteroatoms. The summed E-state index contributed by atoms with van der Waals surface area (Å²) >= 11 is 0. The van der Waals surface area contributed by atoms with E-state index in [-0.39, 0.29) is 0 Å². The first-order chi connectivity index (χ1) is 13.2. The molecule has 27 heavy (non-hydrogen) atoms. The van der Waals surface area contributed by atoms with Crippen molar-refractivity contribution >= 4 is 11.0 Å². The van der Waals surface area contributed by atoms with Crippen molar-refractivity contribution < 1.29 is 4.74 Å². The summed E-state index contributed by atoms with van der Waals surface area (Å²) < 4.78 is 7.26. The zero-order valence-electron chi connectivity index (χ0n) is 16.2. The van der Waals surface area contributed by atoms with Crippen LogP contribution in [-0.4, -0.2) is 45.5 Å². The quantitative estimate of drug-likeness (QED) is 0.626. The van der Waals surface area contributed by atoms with Gasteiger partial charge in [-0.1, -0.05) is 0 Å². The summed E-state index contributed by atoms with van der Waals surface area (Å²) in [6.45, 7) is 4.60. The molecular weight excluding hydrogens is 338 g/mol. The third kappa shape index (κ3) is 4.06. The molecule has 3 heterocycles. The SMILES string of the molecule is CCOCCN[C@H]1CC[C@H](c2cnc3[nH]cc(-c4cnn(C)c4)c3c2)CC1. The van der Waals surface area contributed by atoms with Crippen molar-refractivity contribution in [3.63, 3.8) is 0 Å². The highest BCUT2D eigenvalue weighted by molar-refractivity contribution is 5.93. The molecule has 0 spiro atoms. The monoisotopic (exact) mass is 367 g/mol. The van der Waals surface area contributed by atoms with Crippen molar-refractivity contribution in [1.82, 2.24) is 25.1 Å². The minimum absolute atomic E-state index is 0.600. The van der Waals surface area contributed by atoms with Crippen LogP contribution in [0, 0.1) is 0 Å². The van der Waals surface area contributed by atoms with E-state index in [1.807, 2.05) is 31.0 Å². The zero-order chi connectivity index (χ0) is 18.6. The van der Waals surface area contributed by atoms with Crippen LogP contribution in [0.2, 0.25) is 0 Å². The minimum atomic E-state index is 0.600. The van der Waals surface area contributed by atoms with E-state index < -0.39 is 0 Å². The highest BCUT2D eigenvalue weighted by atomic mass is 16.5. The van der Waals surface area contributed by atoms with Crippen LogP contribution in [0.3, 0.4) is 0 Å². The molecule has 6 nitrogen and oxygen atoms in total. The van der Waals surface area contributed by atoms with E-state index in [4.69, 9.17) is 4.74 Å². The Hall–Kier alpha value is -2.18. The molecule has 0 atom stereocenters. The Morgan fingerprint density at radius 1 is 1.26 bits per heavy atom. The van der Waals surface area contributed by atoms with Crippen LogP contribution in [0.4, 0.5) is 0 Å². The number of ether oxygens (including phenoxy) is 1. The van der Waals surface area contributed by atoms with Crippen LogP contribution in [0.1, 0.15) is 44.1 Å². The average molecular weight is 367 g/mol. The van der Waals surface area contributed by atoms with Gasteiger partial charge in [-0.2, -0.15) is 5.10 Å². The number of nitrogens with one attached hydrogen (secondary N) is 2. The van der Waals surface area contributed by atoms with Crippen molar-refractivity contribution in [2.45, 2.75) is 44.6 Å². The number of H-pyrrole nitrogens is 1. The van der Waals surface area contributed by atoms with Crippen LogP contribution in [0.25, 0.3) is 22.2 Å². The Bertz CT molecular complexity index is 876.